The Hall–Kier alpha value is -2.44. The molecule has 1 saturated heterocycles. The van der Waals surface area contributed by atoms with E-state index in [4.69, 9.17) is 23.7 Å². The van der Waals surface area contributed by atoms with Gasteiger partial charge in [-0.15, -0.1) is 0 Å². The van der Waals surface area contributed by atoms with Gasteiger partial charge in [0.1, 0.15) is 0 Å². The molecule has 1 heterocycles. The number of ether oxygens (including phenoxy) is 5. The molecular weight excluding hydrogens is 384 g/mol. The quantitative estimate of drug-likeness (QED) is 0.675. The number of hydrogen-bond acceptors (Lipinski definition) is 6. The summed E-state index contributed by atoms with van der Waals surface area (Å²) in [6, 6.07) is 11.7. The van der Waals surface area contributed by atoms with Gasteiger partial charge in [0.2, 0.25) is 0 Å². The van der Waals surface area contributed by atoms with Gasteiger partial charge in [-0.2, -0.15) is 0 Å². The summed E-state index contributed by atoms with van der Waals surface area (Å²) in [5.41, 5.74) is 2.13. The average molecular weight is 417 g/mol. The monoisotopic (exact) mass is 416 g/mol. The van der Waals surface area contributed by atoms with E-state index in [0.29, 0.717) is 36.0 Å². The van der Waals surface area contributed by atoms with Crippen LogP contribution in [0.25, 0.3) is 0 Å². The highest BCUT2D eigenvalue weighted by atomic mass is 16.5. The number of hydrogen-bond donors (Lipinski definition) is 1. The predicted octanol–water partition coefficient (Wildman–Crippen LogP) is 3.52. The Morgan fingerprint density at radius 1 is 0.867 bits per heavy atom. The molecule has 0 aliphatic carbocycles. The van der Waals surface area contributed by atoms with Crippen LogP contribution < -0.4 is 18.9 Å². The van der Waals surface area contributed by atoms with Gasteiger partial charge >= 0.3 is 0 Å². The Kier molecular flexibility index (Phi) is 7.45. The number of rotatable bonds is 9. The molecule has 0 saturated carbocycles. The molecule has 4 atom stereocenters. The first-order valence-corrected chi connectivity index (χ1v) is 10.2. The first kappa shape index (κ1) is 22.2. The van der Waals surface area contributed by atoms with Crippen LogP contribution in [0.1, 0.15) is 18.1 Å². The predicted molar refractivity (Wildman–Crippen MR) is 115 cm³/mol. The Bertz CT molecular complexity index is 836. The molecule has 1 aliphatic heterocycles. The third-order valence-electron chi connectivity index (χ3n) is 6.04. The molecule has 0 bridgehead atoms. The van der Waals surface area contributed by atoms with Crippen LogP contribution in [-0.4, -0.2) is 52.4 Å². The van der Waals surface area contributed by atoms with E-state index in [-0.39, 0.29) is 17.9 Å². The second-order valence-electron chi connectivity index (χ2n) is 7.75. The lowest BCUT2D eigenvalue weighted by molar-refractivity contribution is 0.0762. The van der Waals surface area contributed by atoms with Crippen LogP contribution in [0.2, 0.25) is 0 Å². The second kappa shape index (κ2) is 10.0. The fraction of sp³-hybridized carbons (Fsp3) is 0.500. The molecule has 1 aliphatic rings. The minimum atomic E-state index is -0.492. The summed E-state index contributed by atoms with van der Waals surface area (Å²) in [6.07, 6.45) is 0.866. The van der Waals surface area contributed by atoms with Crippen molar-refractivity contribution < 1.29 is 28.8 Å². The van der Waals surface area contributed by atoms with Gasteiger partial charge in [-0.3, -0.25) is 0 Å². The summed E-state index contributed by atoms with van der Waals surface area (Å²) in [6.45, 7) is 2.70. The highest BCUT2D eigenvalue weighted by Gasteiger charge is 2.38. The summed E-state index contributed by atoms with van der Waals surface area (Å²) < 4.78 is 27.5. The molecule has 2 aromatic carbocycles. The largest absolute Gasteiger partial charge is 0.493 e. The topological polar surface area (TPSA) is 66.4 Å². The average Bonchev–Trinajstić information content (AvgIpc) is 3.13. The fourth-order valence-electron chi connectivity index (χ4n) is 4.16. The van der Waals surface area contributed by atoms with Gasteiger partial charge in [0, 0.05) is 5.92 Å². The van der Waals surface area contributed by atoms with Crippen molar-refractivity contribution in [3.63, 3.8) is 0 Å². The van der Waals surface area contributed by atoms with E-state index in [2.05, 4.69) is 6.92 Å². The van der Waals surface area contributed by atoms with Crippen LogP contribution in [0.15, 0.2) is 36.4 Å². The first-order chi connectivity index (χ1) is 14.5. The maximum atomic E-state index is 10.9. The molecule has 0 unspecified atom stereocenters. The molecule has 0 spiro atoms. The molecule has 6 nitrogen and oxygen atoms in total. The van der Waals surface area contributed by atoms with Gasteiger partial charge in [-0.1, -0.05) is 19.1 Å². The minimum Gasteiger partial charge on any atom is -0.493 e. The third-order valence-corrected chi connectivity index (χ3v) is 6.04. The number of aliphatic hydroxyl groups excluding tert-OH is 1. The molecule has 0 aromatic heterocycles. The van der Waals surface area contributed by atoms with Crippen LogP contribution in [-0.2, 0) is 17.6 Å². The van der Waals surface area contributed by atoms with Crippen molar-refractivity contribution in [2.45, 2.75) is 32.0 Å². The lowest BCUT2D eigenvalue weighted by Gasteiger charge is -2.23. The van der Waals surface area contributed by atoms with Crippen molar-refractivity contribution in [1.82, 2.24) is 0 Å². The Morgan fingerprint density at radius 3 is 1.97 bits per heavy atom. The zero-order chi connectivity index (χ0) is 21.7. The van der Waals surface area contributed by atoms with Crippen LogP contribution in [0.4, 0.5) is 0 Å². The van der Waals surface area contributed by atoms with E-state index in [9.17, 15) is 5.11 Å². The van der Waals surface area contributed by atoms with Crippen molar-refractivity contribution >= 4 is 0 Å². The molecule has 3 rings (SSSR count). The van der Waals surface area contributed by atoms with Gasteiger partial charge in [0.25, 0.3) is 0 Å². The zero-order valence-corrected chi connectivity index (χ0v) is 18.4. The van der Waals surface area contributed by atoms with Crippen LogP contribution in [0.3, 0.4) is 0 Å². The molecule has 1 fully saturated rings. The van der Waals surface area contributed by atoms with E-state index in [1.165, 1.54) is 0 Å². The van der Waals surface area contributed by atoms with Gasteiger partial charge in [0.05, 0.1) is 47.3 Å². The molecule has 164 valence electrons. The molecule has 6 heteroatoms. The van der Waals surface area contributed by atoms with Gasteiger partial charge in [-0.05, 0) is 54.2 Å². The normalized spacial score (nSPS) is 21.9. The molecule has 30 heavy (non-hydrogen) atoms. The van der Waals surface area contributed by atoms with Crippen LogP contribution >= 0.6 is 0 Å². The fourth-order valence-corrected chi connectivity index (χ4v) is 4.16. The van der Waals surface area contributed by atoms with Gasteiger partial charge in [-0.25, -0.2) is 0 Å². The maximum absolute atomic E-state index is 10.9. The van der Waals surface area contributed by atoms with E-state index in [1.807, 2.05) is 36.4 Å². The van der Waals surface area contributed by atoms with E-state index in [0.717, 1.165) is 17.5 Å². The Morgan fingerprint density at radius 2 is 1.40 bits per heavy atom. The Labute approximate surface area is 178 Å². The summed E-state index contributed by atoms with van der Waals surface area (Å²) in [4.78, 5) is 0. The number of aliphatic hydroxyl groups is 1. The summed E-state index contributed by atoms with van der Waals surface area (Å²) >= 11 is 0. The van der Waals surface area contributed by atoms with Crippen molar-refractivity contribution in [3.05, 3.63) is 47.5 Å². The van der Waals surface area contributed by atoms with Crippen LogP contribution in [0.5, 0.6) is 23.0 Å². The highest BCUT2D eigenvalue weighted by Crippen LogP contribution is 2.35. The van der Waals surface area contributed by atoms with E-state index >= 15 is 0 Å². The van der Waals surface area contributed by atoms with Gasteiger partial charge < -0.3 is 28.8 Å². The van der Waals surface area contributed by atoms with Crippen molar-refractivity contribution in [2.24, 2.45) is 11.8 Å². The van der Waals surface area contributed by atoms with Gasteiger partial charge in [0.15, 0.2) is 23.0 Å². The number of methoxy groups -OCH3 is 4. The SMILES string of the molecule is COc1ccc(C[C@H](O)[C@H]2CO[C@H](Cc3ccc(OC)c(OC)c3)[C@H]2C)cc1OC. The second-order valence-corrected chi connectivity index (χ2v) is 7.75. The standard InChI is InChI=1S/C24H32O6/c1-15-18(19(25)10-16-6-8-20(26-2)23(12-16)28-4)14-30-22(15)11-17-7-9-21(27-3)24(13-17)29-5/h6-9,12-13,15,18-19,22,25H,10-11,14H2,1-5H3/t15-,18-,19-,22+/m0/s1. The maximum Gasteiger partial charge on any atom is 0.160 e. The molecular formula is C24H32O6. The van der Waals surface area contributed by atoms with Crippen LogP contribution in [0, 0.1) is 11.8 Å². The van der Waals surface area contributed by atoms with E-state index in [1.54, 1.807) is 28.4 Å². The summed E-state index contributed by atoms with van der Waals surface area (Å²) in [7, 11) is 6.49. The minimum absolute atomic E-state index is 0.0492. The lowest BCUT2D eigenvalue weighted by Crippen LogP contribution is -2.30. The molecule has 0 amide bonds. The van der Waals surface area contributed by atoms with E-state index < -0.39 is 6.10 Å². The molecule has 1 N–H and O–H groups in total. The summed E-state index contributed by atoms with van der Waals surface area (Å²) in [5.74, 6) is 3.08. The first-order valence-electron chi connectivity index (χ1n) is 10.2. The highest BCUT2D eigenvalue weighted by molar-refractivity contribution is 5.44. The zero-order valence-electron chi connectivity index (χ0n) is 18.4. The third kappa shape index (κ3) is 4.82. The Balaban J connectivity index is 1.64. The molecule has 0 radical (unpaired) electrons. The van der Waals surface area contributed by atoms with Crippen molar-refractivity contribution in [3.8, 4) is 23.0 Å². The summed E-state index contributed by atoms with van der Waals surface area (Å²) in [5, 5.41) is 10.9. The molecule has 2 aromatic rings. The van der Waals surface area contributed by atoms with Crippen molar-refractivity contribution in [2.75, 3.05) is 35.0 Å². The van der Waals surface area contributed by atoms with Crippen molar-refractivity contribution in [1.29, 1.82) is 0 Å². The smallest absolute Gasteiger partial charge is 0.160 e. The lowest BCUT2D eigenvalue weighted by atomic mass is 9.84. The number of benzene rings is 2.